The van der Waals surface area contributed by atoms with Gasteiger partial charge in [-0.25, -0.2) is 0 Å². The minimum atomic E-state index is 0.652. The van der Waals surface area contributed by atoms with Crippen molar-refractivity contribution in [3.63, 3.8) is 0 Å². The van der Waals surface area contributed by atoms with Crippen LogP contribution in [0.2, 0.25) is 0 Å². The van der Waals surface area contributed by atoms with Gasteiger partial charge in [0, 0.05) is 26.9 Å². The average Bonchev–Trinajstić information content (AvgIpc) is 2.48. The Labute approximate surface area is 138 Å². The molecule has 0 radical (unpaired) electrons. The van der Waals surface area contributed by atoms with Crippen molar-refractivity contribution in [2.24, 2.45) is 0 Å². The summed E-state index contributed by atoms with van der Waals surface area (Å²) in [6.45, 7) is 4.64. The Morgan fingerprint density at radius 1 is 1.14 bits per heavy atom. The van der Waals surface area contributed by atoms with Crippen LogP contribution in [0, 0.1) is 6.92 Å². The summed E-state index contributed by atoms with van der Waals surface area (Å²) in [5.74, 6) is 0.859. The van der Waals surface area contributed by atoms with Gasteiger partial charge in [-0.3, -0.25) is 4.98 Å². The summed E-state index contributed by atoms with van der Waals surface area (Å²) in [7, 11) is 0. The van der Waals surface area contributed by atoms with Gasteiger partial charge in [-0.05, 0) is 56.3 Å². The topological polar surface area (TPSA) is 34.1 Å². The van der Waals surface area contributed by atoms with Crippen molar-refractivity contribution in [3.05, 3.63) is 58.7 Å². The van der Waals surface area contributed by atoms with Crippen LogP contribution < -0.4 is 10.1 Å². The van der Waals surface area contributed by atoms with E-state index in [0.717, 1.165) is 38.2 Å². The number of nitrogens with zero attached hydrogens (tertiary/aromatic N) is 1. The molecule has 0 fully saturated rings. The van der Waals surface area contributed by atoms with Crippen LogP contribution in [0.15, 0.2) is 53.0 Å². The smallest absolute Gasteiger partial charge is 0.120 e. The molecule has 4 heteroatoms. The van der Waals surface area contributed by atoms with Crippen LogP contribution in [0.25, 0.3) is 10.9 Å². The summed E-state index contributed by atoms with van der Waals surface area (Å²) in [5.41, 5.74) is 4.00. The largest absolute Gasteiger partial charge is 0.494 e. The van der Waals surface area contributed by atoms with Crippen LogP contribution >= 0.6 is 15.9 Å². The van der Waals surface area contributed by atoms with E-state index in [0.29, 0.717) is 6.61 Å². The first-order valence-electron chi connectivity index (χ1n) is 7.22. The first kappa shape index (κ1) is 14.9. The Kier molecular flexibility index (Phi) is 4.29. The summed E-state index contributed by atoms with van der Waals surface area (Å²) in [5, 5.41) is 4.52. The lowest BCUT2D eigenvalue weighted by atomic mass is 10.1. The summed E-state index contributed by atoms with van der Waals surface area (Å²) in [4.78, 5) is 4.59. The van der Waals surface area contributed by atoms with Gasteiger partial charge in [0.25, 0.3) is 0 Å². The molecule has 0 atom stereocenters. The highest BCUT2D eigenvalue weighted by Crippen LogP contribution is 2.30. The molecule has 3 rings (SSSR count). The van der Waals surface area contributed by atoms with Crippen molar-refractivity contribution >= 4 is 38.2 Å². The summed E-state index contributed by atoms with van der Waals surface area (Å²) < 4.78 is 6.65. The highest BCUT2D eigenvalue weighted by atomic mass is 79.9. The van der Waals surface area contributed by atoms with Gasteiger partial charge in [-0.15, -0.1) is 0 Å². The Balaban J connectivity index is 2.08. The molecule has 1 aromatic heterocycles. The molecule has 2 aromatic carbocycles. The second-order valence-electron chi connectivity index (χ2n) is 5.06. The normalized spacial score (nSPS) is 10.7. The summed E-state index contributed by atoms with van der Waals surface area (Å²) in [6, 6.07) is 16.2. The third-order valence-corrected chi connectivity index (χ3v) is 3.82. The van der Waals surface area contributed by atoms with Crippen molar-refractivity contribution in [1.29, 1.82) is 0 Å². The molecule has 0 aliphatic carbocycles. The van der Waals surface area contributed by atoms with Crippen molar-refractivity contribution in [2.45, 2.75) is 13.8 Å². The van der Waals surface area contributed by atoms with Crippen molar-refractivity contribution < 1.29 is 4.74 Å². The van der Waals surface area contributed by atoms with E-state index in [1.54, 1.807) is 0 Å². The zero-order valence-corrected chi connectivity index (χ0v) is 14.1. The van der Waals surface area contributed by atoms with E-state index in [1.807, 2.05) is 56.3 Å². The van der Waals surface area contributed by atoms with Crippen LogP contribution in [-0.2, 0) is 0 Å². The lowest BCUT2D eigenvalue weighted by Crippen LogP contribution is -1.96. The molecular weight excluding hydrogens is 340 g/mol. The molecular formula is C18H17BrN2O. The van der Waals surface area contributed by atoms with Crippen LogP contribution in [0.5, 0.6) is 5.75 Å². The van der Waals surface area contributed by atoms with Crippen molar-refractivity contribution in [1.82, 2.24) is 4.98 Å². The number of aromatic nitrogens is 1. The Morgan fingerprint density at radius 3 is 2.77 bits per heavy atom. The maximum absolute atomic E-state index is 5.61. The van der Waals surface area contributed by atoms with Crippen molar-refractivity contribution in [2.75, 3.05) is 11.9 Å². The highest BCUT2D eigenvalue weighted by Gasteiger charge is 2.07. The predicted molar refractivity (Wildman–Crippen MR) is 95.1 cm³/mol. The zero-order chi connectivity index (χ0) is 15.5. The molecule has 1 heterocycles. The average molecular weight is 357 g/mol. The summed E-state index contributed by atoms with van der Waals surface area (Å²) >= 11 is 3.50. The van der Waals surface area contributed by atoms with Gasteiger partial charge in [-0.2, -0.15) is 0 Å². The molecule has 0 unspecified atom stereocenters. The van der Waals surface area contributed by atoms with E-state index >= 15 is 0 Å². The van der Waals surface area contributed by atoms with E-state index in [9.17, 15) is 0 Å². The monoisotopic (exact) mass is 356 g/mol. The highest BCUT2D eigenvalue weighted by molar-refractivity contribution is 9.10. The summed E-state index contributed by atoms with van der Waals surface area (Å²) in [6.07, 6.45) is 0. The van der Waals surface area contributed by atoms with Gasteiger partial charge in [0.15, 0.2) is 0 Å². The molecule has 112 valence electrons. The van der Waals surface area contributed by atoms with E-state index in [4.69, 9.17) is 4.74 Å². The van der Waals surface area contributed by atoms with Crippen LogP contribution in [0.1, 0.15) is 12.6 Å². The molecule has 0 spiro atoms. The number of aryl methyl sites for hydroxylation is 1. The Bertz CT molecular complexity index is 817. The lowest BCUT2D eigenvalue weighted by molar-refractivity contribution is 0.340. The molecule has 3 nitrogen and oxygen atoms in total. The minimum absolute atomic E-state index is 0.652. The third kappa shape index (κ3) is 3.22. The molecule has 22 heavy (non-hydrogen) atoms. The molecule has 3 aromatic rings. The first-order chi connectivity index (χ1) is 10.7. The number of fused-ring (bicyclic) bond motifs is 1. The minimum Gasteiger partial charge on any atom is -0.494 e. The number of rotatable bonds is 4. The van der Waals surface area contributed by atoms with E-state index in [2.05, 4.69) is 32.3 Å². The standard InChI is InChI=1S/C18H17BrN2O/c1-3-22-15-7-8-17-16(11-15)18(9-12(2)20-17)21-14-6-4-5-13(19)10-14/h4-11H,3H2,1-2H3,(H,20,21). The number of benzene rings is 2. The van der Waals surface area contributed by atoms with Crippen LogP contribution in [0.4, 0.5) is 11.4 Å². The van der Waals surface area contributed by atoms with Gasteiger partial charge in [0.05, 0.1) is 12.1 Å². The van der Waals surface area contributed by atoms with Gasteiger partial charge >= 0.3 is 0 Å². The fourth-order valence-corrected chi connectivity index (χ4v) is 2.82. The fraction of sp³-hybridized carbons (Fsp3) is 0.167. The van der Waals surface area contributed by atoms with Crippen LogP contribution in [-0.4, -0.2) is 11.6 Å². The van der Waals surface area contributed by atoms with Gasteiger partial charge in [0.2, 0.25) is 0 Å². The molecule has 0 saturated carbocycles. The van der Waals surface area contributed by atoms with Gasteiger partial charge < -0.3 is 10.1 Å². The zero-order valence-electron chi connectivity index (χ0n) is 12.6. The maximum atomic E-state index is 5.61. The van der Waals surface area contributed by atoms with Gasteiger partial charge in [-0.1, -0.05) is 22.0 Å². The molecule has 0 saturated heterocycles. The maximum Gasteiger partial charge on any atom is 0.120 e. The van der Waals surface area contributed by atoms with E-state index in [1.165, 1.54) is 0 Å². The van der Waals surface area contributed by atoms with E-state index < -0.39 is 0 Å². The number of hydrogen-bond acceptors (Lipinski definition) is 3. The second-order valence-corrected chi connectivity index (χ2v) is 5.97. The Hall–Kier alpha value is -2.07. The number of anilines is 2. The predicted octanol–water partition coefficient (Wildman–Crippen LogP) is 5.45. The molecule has 0 bridgehead atoms. The molecule has 0 amide bonds. The fourth-order valence-electron chi connectivity index (χ4n) is 2.42. The Morgan fingerprint density at radius 2 is 2.00 bits per heavy atom. The SMILES string of the molecule is CCOc1ccc2nc(C)cc(Nc3cccc(Br)c3)c2c1. The second kappa shape index (κ2) is 6.36. The van der Waals surface area contributed by atoms with Crippen LogP contribution in [0.3, 0.4) is 0 Å². The lowest BCUT2D eigenvalue weighted by Gasteiger charge is -2.12. The number of ether oxygens (including phenoxy) is 1. The third-order valence-electron chi connectivity index (χ3n) is 3.32. The molecule has 1 N–H and O–H groups in total. The van der Waals surface area contributed by atoms with Crippen molar-refractivity contribution in [3.8, 4) is 5.75 Å². The number of halogens is 1. The molecule has 0 aliphatic heterocycles. The number of pyridine rings is 1. The molecule has 0 aliphatic rings. The van der Waals surface area contributed by atoms with E-state index in [-0.39, 0.29) is 0 Å². The number of nitrogens with one attached hydrogen (secondary N) is 1. The first-order valence-corrected chi connectivity index (χ1v) is 8.02. The number of hydrogen-bond donors (Lipinski definition) is 1. The quantitative estimate of drug-likeness (QED) is 0.674. The van der Waals surface area contributed by atoms with Gasteiger partial charge in [0.1, 0.15) is 5.75 Å².